The highest BCUT2D eigenvalue weighted by Crippen LogP contribution is 2.24. The van der Waals surface area contributed by atoms with Gasteiger partial charge in [0.2, 0.25) is 0 Å². The maximum atomic E-state index is 11.6. The third-order valence-corrected chi connectivity index (χ3v) is 3.14. The van der Waals surface area contributed by atoms with Gasteiger partial charge in [0.1, 0.15) is 10.3 Å². The number of nitrogens with zero attached hydrogens (tertiary/aromatic N) is 1. The van der Waals surface area contributed by atoms with Crippen LogP contribution >= 0.6 is 22.6 Å². The molecule has 3 atom stereocenters. The normalized spacial score (nSPS) is 30.5. The molecule has 0 saturated carbocycles. The number of hydrogen-bond acceptors (Lipinski definition) is 3. The zero-order valence-corrected chi connectivity index (χ0v) is 11.9. The zero-order valence-electron chi connectivity index (χ0n) is 9.77. The van der Waals surface area contributed by atoms with Gasteiger partial charge in [-0.3, -0.25) is 4.90 Å². The van der Waals surface area contributed by atoms with Crippen LogP contribution in [0.1, 0.15) is 19.8 Å². The summed E-state index contributed by atoms with van der Waals surface area (Å²) in [7, 11) is 0. The number of ether oxygens (including phenoxy) is 2. The highest BCUT2D eigenvalue weighted by Gasteiger charge is 2.32. The van der Waals surface area contributed by atoms with Crippen LogP contribution in [0.2, 0.25) is 0 Å². The van der Waals surface area contributed by atoms with Crippen molar-refractivity contribution in [1.82, 2.24) is 10.2 Å². The summed E-state index contributed by atoms with van der Waals surface area (Å²) in [4.78, 5) is 13.2. The van der Waals surface area contributed by atoms with E-state index in [0.717, 1.165) is 12.8 Å². The number of amides is 2. The lowest BCUT2D eigenvalue weighted by Crippen LogP contribution is -2.45. The Labute approximate surface area is 115 Å². The lowest BCUT2D eigenvalue weighted by molar-refractivity contribution is -0.0521. The van der Waals surface area contributed by atoms with Gasteiger partial charge >= 0.3 is 6.03 Å². The predicted octanol–water partition coefficient (Wildman–Crippen LogP) is 1.83. The van der Waals surface area contributed by atoms with Crippen LogP contribution in [0.25, 0.3) is 0 Å². The standard InChI is InChI=1S/C11H17IN2O3/c1-8(12)16-7-9-3-4-10(17-9)14-6-2-5-13-11(14)15/h2,6,8-10H,3-5,7H2,1H3,(H,13,15)/t8?,9-,10+/m0/s1. The minimum absolute atomic E-state index is 0.0821. The molecule has 0 bridgehead atoms. The Kier molecular flexibility index (Phi) is 4.63. The van der Waals surface area contributed by atoms with Crippen LogP contribution in [0.15, 0.2) is 12.3 Å². The third kappa shape index (κ3) is 3.56. The molecule has 17 heavy (non-hydrogen) atoms. The molecule has 0 aromatic heterocycles. The molecular formula is C11H17IN2O3. The molecular weight excluding hydrogens is 335 g/mol. The van der Waals surface area contributed by atoms with Gasteiger partial charge in [-0.05, 0) is 25.8 Å². The van der Waals surface area contributed by atoms with Crippen molar-refractivity contribution in [2.75, 3.05) is 13.2 Å². The van der Waals surface area contributed by atoms with E-state index in [9.17, 15) is 4.79 Å². The fraction of sp³-hybridized carbons (Fsp3) is 0.727. The first-order valence-corrected chi connectivity index (χ1v) is 7.05. The second-order valence-corrected chi connectivity index (χ2v) is 5.90. The number of rotatable bonds is 4. The molecule has 6 heteroatoms. The molecule has 2 heterocycles. The van der Waals surface area contributed by atoms with E-state index >= 15 is 0 Å². The van der Waals surface area contributed by atoms with Crippen molar-refractivity contribution in [2.24, 2.45) is 0 Å². The van der Waals surface area contributed by atoms with Crippen LogP contribution in [-0.4, -0.2) is 40.5 Å². The number of halogens is 1. The fourth-order valence-corrected chi connectivity index (χ4v) is 2.16. The summed E-state index contributed by atoms with van der Waals surface area (Å²) in [5.41, 5.74) is 0. The van der Waals surface area contributed by atoms with Gasteiger partial charge in [0.25, 0.3) is 0 Å². The van der Waals surface area contributed by atoms with E-state index in [2.05, 4.69) is 27.9 Å². The van der Waals surface area contributed by atoms with Gasteiger partial charge < -0.3 is 14.8 Å². The summed E-state index contributed by atoms with van der Waals surface area (Å²) < 4.78 is 11.5. The van der Waals surface area contributed by atoms with Gasteiger partial charge in [-0.2, -0.15) is 0 Å². The monoisotopic (exact) mass is 352 g/mol. The van der Waals surface area contributed by atoms with Crippen molar-refractivity contribution in [3.05, 3.63) is 12.3 Å². The Balaban J connectivity index is 1.82. The van der Waals surface area contributed by atoms with E-state index in [-0.39, 0.29) is 22.5 Å². The van der Waals surface area contributed by atoms with Crippen molar-refractivity contribution in [1.29, 1.82) is 0 Å². The Bertz CT molecular complexity index is 309. The number of carbonyl (C=O) groups is 1. The van der Waals surface area contributed by atoms with E-state index < -0.39 is 0 Å². The first-order valence-electron chi connectivity index (χ1n) is 5.81. The van der Waals surface area contributed by atoms with Crippen molar-refractivity contribution in [2.45, 2.75) is 36.2 Å². The second kappa shape index (κ2) is 6.01. The van der Waals surface area contributed by atoms with Gasteiger partial charge in [0.15, 0.2) is 0 Å². The number of nitrogens with one attached hydrogen (secondary N) is 1. The minimum atomic E-state index is -0.148. The maximum absolute atomic E-state index is 11.6. The van der Waals surface area contributed by atoms with Gasteiger partial charge in [-0.1, -0.05) is 22.6 Å². The SMILES string of the molecule is CC(I)OC[C@@H]1CC[C@H](N2C=CCNC2=O)O1. The van der Waals surface area contributed by atoms with Crippen LogP contribution < -0.4 is 5.32 Å². The maximum Gasteiger partial charge on any atom is 0.323 e. The van der Waals surface area contributed by atoms with Gasteiger partial charge in [-0.25, -0.2) is 4.79 Å². The van der Waals surface area contributed by atoms with E-state index in [1.165, 1.54) is 0 Å². The summed E-state index contributed by atoms with van der Waals surface area (Å²) in [5, 5.41) is 2.76. The molecule has 1 saturated heterocycles. The topological polar surface area (TPSA) is 50.8 Å². The lowest BCUT2D eigenvalue weighted by atomic mass is 10.2. The van der Waals surface area contributed by atoms with Crippen LogP contribution in [0.3, 0.4) is 0 Å². The molecule has 0 aromatic rings. The zero-order chi connectivity index (χ0) is 12.3. The Hall–Kier alpha value is -0.340. The minimum Gasteiger partial charge on any atom is -0.365 e. The molecule has 2 aliphatic heterocycles. The van der Waals surface area contributed by atoms with Crippen LogP contribution in [0.5, 0.6) is 0 Å². The second-order valence-electron chi connectivity index (χ2n) is 4.14. The largest absolute Gasteiger partial charge is 0.365 e. The average molecular weight is 352 g/mol. The summed E-state index contributed by atoms with van der Waals surface area (Å²) in [5.74, 6) is 0. The van der Waals surface area contributed by atoms with Crippen molar-refractivity contribution >= 4 is 28.6 Å². The van der Waals surface area contributed by atoms with E-state index in [4.69, 9.17) is 9.47 Å². The summed E-state index contributed by atoms with van der Waals surface area (Å²) in [6, 6.07) is -0.0821. The molecule has 2 amide bonds. The Morgan fingerprint density at radius 2 is 2.53 bits per heavy atom. The van der Waals surface area contributed by atoms with Gasteiger partial charge in [0, 0.05) is 12.7 Å². The molecule has 1 fully saturated rings. The summed E-state index contributed by atoms with van der Waals surface area (Å²) in [6.45, 7) is 3.19. The molecule has 0 aromatic carbocycles. The number of urea groups is 1. The van der Waals surface area contributed by atoms with Crippen LogP contribution in [-0.2, 0) is 9.47 Å². The molecule has 1 unspecified atom stereocenters. The third-order valence-electron chi connectivity index (χ3n) is 2.78. The summed E-state index contributed by atoms with van der Waals surface area (Å²) in [6.07, 6.45) is 5.47. The number of hydrogen-bond donors (Lipinski definition) is 1. The van der Waals surface area contributed by atoms with Crippen molar-refractivity contribution in [3.63, 3.8) is 0 Å². The highest BCUT2D eigenvalue weighted by molar-refractivity contribution is 14.1. The molecule has 1 N–H and O–H groups in total. The molecule has 0 aliphatic carbocycles. The van der Waals surface area contributed by atoms with Crippen LogP contribution in [0.4, 0.5) is 4.79 Å². The van der Waals surface area contributed by atoms with Gasteiger partial charge in [0.05, 0.1) is 12.7 Å². The van der Waals surface area contributed by atoms with E-state index in [1.54, 1.807) is 11.1 Å². The smallest absolute Gasteiger partial charge is 0.323 e. The van der Waals surface area contributed by atoms with Crippen molar-refractivity contribution in [3.8, 4) is 0 Å². The predicted molar refractivity (Wildman–Crippen MR) is 71.7 cm³/mol. The Morgan fingerprint density at radius 1 is 1.71 bits per heavy atom. The molecule has 2 rings (SSSR count). The lowest BCUT2D eigenvalue weighted by Gasteiger charge is -2.28. The first kappa shape index (κ1) is 13.1. The van der Waals surface area contributed by atoms with E-state index in [0.29, 0.717) is 13.2 Å². The van der Waals surface area contributed by atoms with Crippen LogP contribution in [0, 0.1) is 0 Å². The van der Waals surface area contributed by atoms with Gasteiger partial charge in [-0.15, -0.1) is 0 Å². The quantitative estimate of drug-likeness (QED) is 0.621. The first-order chi connectivity index (χ1) is 8.16. The van der Waals surface area contributed by atoms with E-state index in [1.807, 2.05) is 13.0 Å². The number of alkyl halides is 1. The molecule has 5 nitrogen and oxygen atoms in total. The average Bonchev–Trinajstić information content (AvgIpc) is 2.75. The number of carbonyl (C=O) groups excluding carboxylic acids is 1. The highest BCUT2D eigenvalue weighted by atomic mass is 127. The molecule has 96 valence electrons. The summed E-state index contributed by atoms with van der Waals surface area (Å²) >= 11 is 2.22. The Morgan fingerprint density at radius 3 is 3.24 bits per heavy atom. The molecule has 2 aliphatic rings. The molecule has 0 spiro atoms. The molecule has 0 radical (unpaired) electrons. The fourth-order valence-electron chi connectivity index (χ4n) is 1.95. The van der Waals surface area contributed by atoms with Crippen molar-refractivity contribution < 1.29 is 14.3 Å².